The summed E-state index contributed by atoms with van der Waals surface area (Å²) in [5, 5.41) is 9.41. The van der Waals surface area contributed by atoms with Gasteiger partial charge in [-0.2, -0.15) is 5.26 Å². The summed E-state index contributed by atoms with van der Waals surface area (Å²) < 4.78 is 0. The number of benzene rings is 2. The summed E-state index contributed by atoms with van der Waals surface area (Å²) >= 11 is 0. The molecule has 102 valence electrons. The number of imidazole rings is 1. The van der Waals surface area contributed by atoms with Crippen molar-refractivity contribution < 1.29 is 0 Å². The predicted octanol–water partition coefficient (Wildman–Crippen LogP) is 4.24. The Balaban J connectivity index is 2.08. The van der Waals surface area contributed by atoms with Crippen LogP contribution in [0.5, 0.6) is 0 Å². The number of nitriles is 1. The zero-order valence-corrected chi connectivity index (χ0v) is 12.0. The van der Waals surface area contributed by atoms with Crippen molar-refractivity contribution >= 4 is 22.7 Å². The molecule has 0 aliphatic heterocycles. The highest BCUT2D eigenvalue weighted by Gasteiger charge is 2.08. The Morgan fingerprint density at radius 1 is 1.14 bits per heavy atom. The van der Waals surface area contributed by atoms with Crippen LogP contribution in [-0.4, -0.2) is 9.97 Å². The number of rotatable bonds is 2. The number of fused-ring (bicyclic) bond motifs is 1. The van der Waals surface area contributed by atoms with Gasteiger partial charge in [-0.15, -0.1) is 0 Å². The largest absolute Gasteiger partial charge is 0.337 e. The number of hydrogen-bond acceptors (Lipinski definition) is 2. The molecule has 0 aliphatic rings. The third-order valence-corrected chi connectivity index (χ3v) is 3.37. The number of aryl methyl sites for hydroxylation is 2. The number of nitrogens with one attached hydrogen (secondary N) is 1. The molecular weight excluding hydrogens is 258 g/mol. The second-order valence-corrected chi connectivity index (χ2v) is 5.19. The van der Waals surface area contributed by atoms with Gasteiger partial charge in [-0.1, -0.05) is 35.9 Å². The van der Waals surface area contributed by atoms with E-state index in [-0.39, 0.29) is 0 Å². The molecule has 1 N–H and O–H groups in total. The van der Waals surface area contributed by atoms with Gasteiger partial charge in [0.2, 0.25) is 0 Å². The summed E-state index contributed by atoms with van der Waals surface area (Å²) in [6, 6.07) is 16.3. The first-order valence-corrected chi connectivity index (χ1v) is 6.81. The minimum Gasteiger partial charge on any atom is -0.337 e. The van der Waals surface area contributed by atoms with Gasteiger partial charge in [0.1, 0.15) is 11.9 Å². The topological polar surface area (TPSA) is 52.5 Å². The van der Waals surface area contributed by atoms with Crippen LogP contribution in [0.4, 0.5) is 0 Å². The number of allylic oxidation sites excluding steroid dienone is 1. The molecule has 1 heterocycles. The van der Waals surface area contributed by atoms with Gasteiger partial charge in [-0.05, 0) is 43.2 Å². The number of aromatic nitrogens is 2. The van der Waals surface area contributed by atoms with Crippen molar-refractivity contribution in [1.29, 1.82) is 5.26 Å². The van der Waals surface area contributed by atoms with Crippen molar-refractivity contribution in [1.82, 2.24) is 9.97 Å². The Kier molecular flexibility index (Phi) is 3.29. The first-order chi connectivity index (χ1) is 10.2. The molecule has 0 unspecified atom stereocenters. The molecule has 3 nitrogen and oxygen atoms in total. The van der Waals surface area contributed by atoms with Crippen LogP contribution in [0.25, 0.3) is 22.7 Å². The minimum absolute atomic E-state index is 0.537. The first kappa shape index (κ1) is 13.1. The number of aromatic amines is 1. The standard InChI is InChI=1S/C18H15N3/c1-12-4-3-5-14(8-12)10-15(11-19)18-20-16-7-6-13(2)9-17(16)21-18/h3-10H,1-2H3,(H,20,21). The molecule has 0 fully saturated rings. The van der Waals surface area contributed by atoms with Crippen LogP contribution in [-0.2, 0) is 0 Å². The van der Waals surface area contributed by atoms with Crippen LogP contribution in [0.1, 0.15) is 22.5 Å². The second-order valence-electron chi connectivity index (χ2n) is 5.19. The van der Waals surface area contributed by atoms with Gasteiger partial charge >= 0.3 is 0 Å². The van der Waals surface area contributed by atoms with Crippen LogP contribution < -0.4 is 0 Å². The van der Waals surface area contributed by atoms with Gasteiger partial charge in [-0.3, -0.25) is 0 Å². The zero-order valence-electron chi connectivity index (χ0n) is 12.0. The maximum absolute atomic E-state index is 9.41. The van der Waals surface area contributed by atoms with Crippen molar-refractivity contribution in [2.24, 2.45) is 0 Å². The van der Waals surface area contributed by atoms with E-state index >= 15 is 0 Å². The van der Waals surface area contributed by atoms with Gasteiger partial charge < -0.3 is 4.98 Å². The highest BCUT2D eigenvalue weighted by molar-refractivity contribution is 5.90. The highest BCUT2D eigenvalue weighted by atomic mass is 14.9. The fourth-order valence-electron chi connectivity index (χ4n) is 2.33. The molecule has 0 saturated heterocycles. The summed E-state index contributed by atoms with van der Waals surface area (Å²) in [7, 11) is 0. The molecule has 0 atom stereocenters. The monoisotopic (exact) mass is 273 g/mol. The van der Waals surface area contributed by atoms with Gasteiger partial charge in [-0.25, -0.2) is 4.98 Å². The van der Waals surface area contributed by atoms with E-state index in [4.69, 9.17) is 0 Å². The fourth-order valence-corrected chi connectivity index (χ4v) is 2.33. The molecule has 1 aromatic heterocycles. The Morgan fingerprint density at radius 3 is 2.71 bits per heavy atom. The second kappa shape index (κ2) is 5.26. The Hall–Kier alpha value is -2.86. The molecule has 21 heavy (non-hydrogen) atoms. The average Bonchev–Trinajstić information content (AvgIpc) is 2.87. The summed E-state index contributed by atoms with van der Waals surface area (Å²) in [5.41, 5.74) is 5.70. The van der Waals surface area contributed by atoms with E-state index in [1.54, 1.807) is 0 Å². The molecule has 0 aliphatic carbocycles. The fraction of sp³-hybridized carbons (Fsp3) is 0.111. The number of nitrogens with zero attached hydrogens (tertiary/aromatic N) is 2. The molecular formula is C18H15N3. The average molecular weight is 273 g/mol. The Labute approximate surface area is 123 Å². The van der Waals surface area contributed by atoms with Crippen LogP contribution >= 0.6 is 0 Å². The van der Waals surface area contributed by atoms with E-state index in [1.807, 2.05) is 62.4 Å². The van der Waals surface area contributed by atoms with E-state index in [0.717, 1.165) is 16.6 Å². The number of H-pyrrole nitrogens is 1. The smallest absolute Gasteiger partial charge is 0.149 e. The summed E-state index contributed by atoms with van der Waals surface area (Å²) in [5.74, 6) is 0.611. The summed E-state index contributed by atoms with van der Waals surface area (Å²) in [4.78, 5) is 7.72. The van der Waals surface area contributed by atoms with E-state index < -0.39 is 0 Å². The van der Waals surface area contributed by atoms with Crippen molar-refractivity contribution in [2.45, 2.75) is 13.8 Å². The minimum atomic E-state index is 0.537. The lowest BCUT2D eigenvalue weighted by Crippen LogP contribution is -1.85. The van der Waals surface area contributed by atoms with Crippen molar-refractivity contribution in [3.8, 4) is 6.07 Å². The Bertz CT molecular complexity index is 879. The molecule has 0 spiro atoms. The molecule has 0 radical (unpaired) electrons. The molecule has 3 heteroatoms. The van der Waals surface area contributed by atoms with Crippen molar-refractivity contribution in [2.75, 3.05) is 0 Å². The summed E-state index contributed by atoms with van der Waals surface area (Å²) in [6.07, 6.45) is 1.86. The predicted molar refractivity (Wildman–Crippen MR) is 85.5 cm³/mol. The normalized spacial score (nSPS) is 11.6. The lowest BCUT2D eigenvalue weighted by Gasteiger charge is -1.97. The Morgan fingerprint density at radius 2 is 1.95 bits per heavy atom. The molecule has 3 rings (SSSR count). The molecule has 2 aromatic carbocycles. The third-order valence-electron chi connectivity index (χ3n) is 3.37. The van der Waals surface area contributed by atoms with Crippen LogP contribution in [0.3, 0.4) is 0 Å². The van der Waals surface area contributed by atoms with Gasteiger partial charge in [0.25, 0.3) is 0 Å². The van der Waals surface area contributed by atoms with Crippen LogP contribution in [0.15, 0.2) is 42.5 Å². The molecule has 0 saturated carbocycles. The van der Waals surface area contributed by atoms with E-state index in [9.17, 15) is 5.26 Å². The lowest BCUT2D eigenvalue weighted by molar-refractivity contribution is 1.27. The molecule has 0 bridgehead atoms. The molecule has 0 amide bonds. The number of hydrogen-bond donors (Lipinski definition) is 1. The third kappa shape index (κ3) is 2.70. The SMILES string of the molecule is Cc1cccc(C=C(C#N)c2nc3ccc(C)cc3[nH]2)c1. The van der Waals surface area contributed by atoms with Crippen molar-refractivity contribution in [3.63, 3.8) is 0 Å². The van der Waals surface area contributed by atoms with Crippen LogP contribution in [0, 0.1) is 25.2 Å². The van der Waals surface area contributed by atoms with E-state index in [0.29, 0.717) is 11.4 Å². The van der Waals surface area contributed by atoms with Gasteiger partial charge in [0.05, 0.1) is 16.6 Å². The molecule has 3 aromatic rings. The zero-order chi connectivity index (χ0) is 14.8. The van der Waals surface area contributed by atoms with Gasteiger partial charge in [0, 0.05) is 0 Å². The first-order valence-electron chi connectivity index (χ1n) is 6.81. The maximum Gasteiger partial charge on any atom is 0.149 e. The van der Waals surface area contributed by atoms with E-state index in [1.165, 1.54) is 11.1 Å². The van der Waals surface area contributed by atoms with Crippen LogP contribution in [0.2, 0.25) is 0 Å². The highest BCUT2D eigenvalue weighted by Crippen LogP contribution is 2.20. The van der Waals surface area contributed by atoms with Crippen molar-refractivity contribution in [3.05, 3.63) is 65.0 Å². The maximum atomic E-state index is 9.41. The summed E-state index contributed by atoms with van der Waals surface area (Å²) in [6.45, 7) is 4.07. The quantitative estimate of drug-likeness (QED) is 0.710. The van der Waals surface area contributed by atoms with E-state index in [2.05, 4.69) is 16.0 Å². The lowest BCUT2D eigenvalue weighted by atomic mass is 10.1. The van der Waals surface area contributed by atoms with Gasteiger partial charge in [0.15, 0.2) is 0 Å².